The minimum absolute atomic E-state index is 0.0413. The first kappa shape index (κ1) is 13.0. The van der Waals surface area contributed by atoms with E-state index in [9.17, 15) is 4.79 Å². The van der Waals surface area contributed by atoms with E-state index in [1.165, 1.54) is 12.8 Å². The highest BCUT2D eigenvalue weighted by atomic mass is 16.1. The van der Waals surface area contributed by atoms with Crippen LogP contribution in [-0.2, 0) is 4.79 Å². The van der Waals surface area contributed by atoms with Crippen LogP contribution in [0.1, 0.15) is 39.0 Å². The maximum absolute atomic E-state index is 11.6. The fourth-order valence-electron chi connectivity index (χ4n) is 2.00. The molecule has 16 heavy (non-hydrogen) atoms. The van der Waals surface area contributed by atoms with Crippen LogP contribution in [-0.4, -0.2) is 18.0 Å². The largest absolute Gasteiger partial charge is 0.348 e. The lowest BCUT2D eigenvalue weighted by atomic mass is 10.0. The van der Waals surface area contributed by atoms with E-state index in [0.29, 0.717) is 0 Å². The molecule has 3 heteroatoms. The van der Waals surface area contributed by atoms with Crippen molar-refractivity contribution in [1.82, 2.24) is 5.32 Å². The molecule has 0 aromatic heterocycles. The van der Waals surface area contributed by atoms with E-state index in [-0.39, 0.29) is 18.0 Å². The number of rotatable bonds is 3. The second-order valence-electron chi connectivity index (χ2n) is 4.30. The van der Waals surface area contributed by atoms with Crippen molar-refractivity contribution in [2.45, 2.75) is 51.1 Å². The Morgan fingerprint density at radius 3 is 2.75 bits per heavy atom. The SMILES string of the molecule is CC=CC=CC(=O)NC1CCCCCC1N. The Hall–Kier alpha value is -1.09. The minimum Gasteiger partial charge on any atom is -0.348 e. The fourth-order valence-corrected chi connectivity index (χ4v) is 2.00. The van der Waals surface area contributed by atoms with Gasteiger partial charge in [0.05, 0.1) is 0 Å². The van der Waals surface area contributed by atoms with E-state index in [2.05, 4.69) is 5.32 Å². The molecule has 1 aliphatic rings. The van der Waals surface area contributed by atoms with E-state index >= 15 is 0 Å². The first-order valence-corrected chi connectivity index (χ1v) is 6.09. The third kappa shape index (κ3) is 4.62. The number of nitrogens with one attached hydrogen (secondary N) is 1. The molecule has 2 atom stereocenters. The molecule has 1 saturated carbocycles. The van der Waals surface area contributed by atoms with Gasteiger partial charge in [0.1, 0.15) is 0 Å². The van der Waals surface area contributed by atoms with Crippen LogP contribution in [0.2, 0.25) is 0 Å². The molecular formula is C13H22N2O. The van der Waals surface area contributed by atoms with Crippen LogP contribution in [0.25, 0.3) is 0 Å². The van der Waals surface area contributed by atoms with Crippen LogP contribution in [0.3, 0.4) is 0 Å². The molecule has 2 unspecified atom stereocenters. The Bertz CT molecular complexity index is 271. The zero-order valence-corrected chi connectivity index (χ0v) is 9.99. The maximum atomic E-state index is 11.6. The van der Waals surface area contributed by atoms with Gasteiger partial charge in [0, 0.05) is 18.2 Å². The van der Waals surface area contributed by atoms with Crippen molar-refractivity contribution in [3.8, 4) is 0 Å². The summed E-state index contributed by atoms with van der Waals surface area (Å²) in [5.74, 6) is -0.0413. The molecule has 3 nitrogen and oxygen atoms in total. The summed E-state index contributed by atoms with van der Waals surface area (Å²) in [6, 6.07) is 0.256. The topological polar surface area (TPSA) is 55.1 Å². The standard InChI is InChI=1S/C13H22N2O/c1-2-3-5-10-13(16)15-12-9-7-4-6-8-11(12)14/h2-3,5,10-12H,4,6-9,14H2,1H3,(H,15,16). The number of hydrogen-bond acceptors (Lipinski definition) is 2. The molecule has 0 radical (unpaired) electrons. The number of carbonyl (C=O) groups is 1. The van der Waals surface area contributed by atoms with Crippen LogP contribution < -0.4 is 11.1 Å². The van der Waals surface area contributed by atoms with Crippen molar-refractivity contribution in [3.05, 3.63) is 24.3 Å². The normalized spacial score (nSPS) is 27.1. The van der Waals surface area contributed by atoms with Gasteiger partial charge in [-0.3, -0.25) is 4.79 Å². The number of hydrogen-bond donors (Lipinski definition) is 2. The third-order valence-corrected chi connectivity index (χ3v) is 2.95. The molecule has 0 aromatic carbocycles. The first-order chi connectivity index (χ1) is 7.74. The predicted molar refractivity (Wildman–Crippen MR) is 66.9 cm³/mol. The molecule has 0 aliphatic heterocycles. The first-order valence-electron chi connectivity index (χ1n) is 6.09. The monoisotopic (exact) mass is 222 g/mol. The van der Waals surface area contributed by atoms with Gasteiger partial charge in [-0.1, -0.05) is 37.5 Å². The Labute approximate surface area is 97.8 Å². The van der Waals surface area contributed by atoms with Crippen molar-refractivity contribution in [1.29, 1.82) is 0 Å². The van der Waals surface area contributed by atoms with Crippen molar-refractivity contribution in [3.63, 3.8) is 0 Å². The Kier molecular flexibility index (Phi) is 5.86. The number of allylic oxidation sites excluding steroid dienone is 3. The number of amides is 1. The average molecular weight is 222 g/mol. The summed E-state index contributed by atoms with van der Waals surface area (Å²) in [5, 5.41) is 2.98. The molecule has 1 aliphatic carbocycles. The van der Waals surface area contributed by atoms with Gasteiger partial charge in [-0.25, -0.2) is 0 Å². The maximum Gasteiger partial charge on any atom is 0.244 e. The van der Waals surface area contributed by atoms with Crippen molar-refractivity contribution in [2.75, 3.05) is 0 Å². The molecule has 0 spiro atoms. The van der Waals surface area contributed by atoms with E-state index in [1.807, 2.05) is 19.1 Å². The minimum atomic E-state index is -0.0413. The van der Waals surface area contributed by atoms with E-state index < -0.39 is 0 Å². The summed E-state index contributed by atoms with van der Waals surface area (Å²) >= 11 is 0. The van der Waals surface area contributed by atoms with Gasteiger partial charge < -0.3 is 11.1 Å². The van der Waals surface area contributed by atoms with Gasteiger partial charge in [0.2, 0.25) is 5.91 Å². The molecule has 90 valence electrons. The van der Waals surface area contributed by atoms with E-state index in [4.69, 9.17) is 5.73 Å². The summed E-state index contributed by atoms with van der Waals surface area (Å²) in [4.78, 5) is 11.6. The third-order valence-electron chi connectivity index (χ3n) is 2.95. The highest BCUT2D eigenvalue weighted by Crippen LogP contribution is 2.16. The van der Waals surface area contributed by atoms with Gasteiger partial charge in [-0.05, 0) is 19.8 Å². The smallest absolute Gasteiger partial charge is 0.244 e. The van der Waals surface area contributed by atoms with Crippen LogP contribution in [0.5, 0.6) is 0 Å². The lowest BCUT2D eigenvalue weighted by Crippen LogP contribution is -2.46. The van der Waals surface area contributed by atoms with Gasteiger partial charge in [-0.15, -0.1) is 0 Å². The van der Waals surface area contributed by atoms with Gasteiger partial charge in [0.15, 0.2) is 0 Å². The van der Waals surface area contributed by atoms with Crippen LogP contribution in [0, 0.1) is 0 Å². The van der Waals surface area contributed by atoms with Crippen molar-refractivity contribution < 1.29 is 4.79 Å². The van der Waals surface area contributed by atoms with Crippen LogP contribution in [0.15, 0.2) is 24.3 Å². The lowest BCUT2D eigenvalue weighted by Gasteiger charge is -2.21. The summed E-state index contributed by atoms with van der Waals surface area (Å²) < 4.78 is 0. The summed E-state index contributed by atoms with van der Waals surface area (Å²) in [5.41, 5.74) is 6.03. The molecule has 0 saturated heterocycles. The Morgan fingerprint density at radius 2 is 2.00 bits per heavy atom. The molecule has 3 N–H and O–H groups in total. The Balaban J connectivity index is 2.41. The molecular weight excluding hydrogens is 200 g/mol. The molecule has 0 aromatic rings. The molecule has 1 fully saturated rings. The summed E-state index contributed by atoms with van der Waals surface area (Å²) in [6.07, 6.45) is 12.6. The highest BCUT2D eigenvalue weighted by Gasteiger charge is 2.20. The lowest BCUT2D eigenvalue weighted by molar-refractivity contribution is -0.117. The van der Waals surface area contributed by atoms with E-state index in [1.54, 1.807) is 12.2 Å². The molecule has 1 rings (SSSR count). The highest BCUT2D eigenvalue weighted by molar-refractivity contribution is 5.88. The van der Waals surface area contributed by atoms with Crippen molar-refractivity contribution >= 4 is 5.91 Å². The molecule has 0 heterocycles. The molecule has 1 amide bonds. The van der Waals surface area contributed by atoms with Crippen LogP contribution in [0.4, 0.5) is 0 Å². The second kappa shape index (κ2) is 7.23. The number of nitrogens with two attached hydrogens (primary N) is 1. The second-order valence-corrected chi connectivity index (χ2v) is 4.30. The Morgan fingerprint density at radius 1 is 1.25 bits per heavy atom. The van der Waals surface area contributed by atoms with Crippen LogP contribution >= 0.6 is 0 Å². The predicted octanol–water partition coefficient (Wildman–Crippen LogP) is 1.89. The van der Waals surface area contributed by atoms with Crippen molar-refractivity contribution in [2.24, 2.45) is 5.73 Å². The van der Waals surface area contributed by atoms with E-state index in [0.717, 1.165) is 19.3 Å². The van der Waals surface area contributed by atoms with Gasteiger partial charge >= 0.3 is 0 Å². The zero-order chi connectivity index (χ0) is 11.8. The summed E-state index contributed by atoms with van der Waals surface area (Å²) in [7, 11) is 0. The quantitative estimate of drug-likeness (QED) is 0.435. The average Bonchev–Trinajstić information content (AvgIpc) is 2.45. The van der Waals surface area contributed by atoms with Gasteiger partial charge in [-0.2, -0.15) is 0 Å². The molecule has 0 bridgehead atoms. The zero-order valence-electron chi connectivity index (χ0n) is 9.99. The summed E-state index contributed by atoms with van der Waals surface area (Å²) in [6.45, 7) is 1.92. The fraction of sp³-hybridized carbons (Fsp3) is 0.615. The van der Waals surface area contributed by atoms with Gasteiger partial charge in [0.25, 0.3) is 0 Å². The number of carbonyl (C=O) groups excluding carboxylic acids is 1.